The van der Waals surface area contributed by atoms with Crippen molar-refractivity contribution in [3.8, 4) is 11.5 Å². The minimum atomic E-state index is -0.936. The lowest BCUT2D eigenvalue weighted by Crippen LogP contribution is -2.08. The van der Waals surface area contributed by atoms with E-state index >= 15 is 0 Å². The minimum Gasteiger partial charge on any atom is -0.481 e. The zero-order chi connectivity index (χ0) is 20.4. The second kappa shape index (κ2) is 8.68. The number of hydrogen-bond donors (Lipinski definition) is 2. The summed E-state index contributed by atoms with van der Waals surface area (Å²) in [7, 11) is 0. The average molecular weight is 432 g/mol. The number of carboxylic acids is 1. The lowest BCUT2D eigenvalue weighted by atomic mass is 9.85. The molecule has 4 rings (SSSR count). The number of benzene rings is 2. The van der Waals surface area contributed by atoms with Crippen LogP contribution in [-0.2, 0) is 17.6 Å². The van der Waals surface area contributed by atoms with E-state index in [-0.39, 0.29) is 6.42 Å². The van der Waals surface area contributed by atoms with Gasteiger partial charge in [-0.05, 0) is 53.8 Å². The number of aromatic amines is 1. The molecule has 1 fully saturated rings. The van der Waals surface area contributed by atoms with Crippen LogP contribution in [0.3, 0.4) is 0 Å². The standard InChI is InChI=1S/C23H23Cl2NO3/c24-19-9-15(11-22(27)28)10-20(25)23(19)29-17-6-7-21-18(12-17)16(13-26-21)8-14-4-2-1-3-5-14/h6-7,9-10,12-14,26H,1-5,8,11H2,(H,27,28). The number of aromatic nitrogens is 1. The molecule has 0 aliphatic heterocycles. The predicted molar refractivity (Wildman–Crippen MR) is 116 cm³/mol. The first-order valence-corrected chi connectivity index (χ1v) is 10.7. The number of rotatable bonds is 6. The monoisotopic (exact) mass is 431 g/mol. The van der Waals surface area contributed by atoms with Crippen molar-refractivity contribution in [2.75, 3.05) is 0 Å². The van der Waals surface area contributed by atoms with Gasteiger partial charge in [-0.1, -0.05) is 55.3 Å². The highest BCUT2D eigenvalue weighted by Crippen LogP contribution is 2.39. The molecule has 29 heavy (non-hydrogen) atoms. The number of nitrogens with one attached hydrogen (secondary N) is 1. The molecule has 0 saturated heterocycles. The Kier molecular flexibility index (Phi) is 6.02. The van der Waals surface area contributed by atoms with E-state index in [0.29, 0.717) is 27.1 Å². The van der Waals surface area contributed by atoms with Crippen molar-refractivity contribution < 1.29 is 14.6 Å². The summed E-state index contributed by atoms with van der Waals surface area (Å²) in [5.74, 6) is 0.801. The quantitative estimate of drug-likeness (QED) is 0.440. The zero-order valence-electron chi connectivity index (χ0n) is 16.0. The largest absolute Gasteiger partial charge is 0.481 e. The van der Waals surface area contributed by atoms with Crippen LogP contribution in [0.2, 0.25) is 10.0 Å². The molecule has 4 nitrogen and oxygen atoms in total. The Morgan fingerprint density at radius 2 is 1.83 bits per heavy atom. The Balaban J connectivity index is 1.58. The number of halogens is 2. The van der Waals surface area contributed by atoms with Crippen molar-refractivity contribution in [1.82, 2.24) is 4.98 Å². The molecular weight excluding hydrogens is 409 g/mol. The number of carbonyl (C=O) groups is 1. The highest BCUT2D eigenvalue weighted by atomic mass is 35.5. The second-order valence-corrected chi connectivity index (χ2v) is 8.61. The van der Waals surface area contributed by atoms with Gasteiger partial charge < -0.3 is 14.8 Å². The van der Waals surface area contributed by atoms with Crippen LogP contribution in [0.5, 0.6) is 11.5 Å². The van der Waals surface area contributed by atoms with Crippen molar-refractivity contribution in [2.45, 2.75) is 44.9 Å². The van der Waals surface area contributed by atoms with Crippen LogP contribution in [0.4, 0.5) is 0 Å². The summed E-state index contributed by atoms with van der Waals surface area (Å²) in [4.78, 5) is 14.3. The molecule has 3 aromatic rings. The van der Waals surface area contributed by atoms with Gasteiger partial charge >= 0.3 is 5.97 Å². The van der Waals surface area contributed by atoms with Crippen molar-refractivity contribution in [2.24, 2.45) is 5.92 Å². The maximum atomic E-state index is 10.9. The van der Waals surface area contributed by atoms with Gasteiger partial charge in [0.1, 0.15) is 5.75 Å². The summed E-state index contributed by atoms with van der Waals surface area (Å²) in [5, 5.41) is 10.7. The number of H-pyrrole nitrogens is 1. The number of hydrogen-bond acceptors (Lipinski definition) is 2. The second-order valence-electron chi connectivity index (χ2n) is 7.79. The Hall–Kier alpha value is -2.17. The van der Waals surface area contributed by atoms with Gasteiger partial charge in [-0.15, -0.1) is 0 Å². The van der Waals surface area contributed by atoms with Crippen LogP contribution in [0.1, 0.15) is 43.2 Å². The average Bonchev–Trinajstić information content (AvgIpc) is 3.07. The maximum absolute atomic E-state index is 10.9. The molecule has 0 atom stereocenters. The van der Waals surface area contributed by atoms with Gasteiger partial charge in [0, 0.05) is 17.1 Å². The van der Waals surface area contributed by atoms with E-state index in [1.165, 1.54) is 37.7 Å². The Morgan fingerprint density at radius 3 is 2.52 bits per heavy atom. The van der Waals surface area contributed by atoms with Gasteiger partial charge in [0.15, 0.2) is 5.75 Å². The Labute approximate surface area is 179 Å². The van der Waals surface area contributed by atoms with Gasteiger partial charge in [-0.3, -0.25) is 4.79 Å². The smallest absolute Gasteiger partial charge is 0.307 e. The van der Waals surface area contributed by atoms with E-state index in [1.807, 2.05) is 18.2 Å². The molecule has 0 unspecified atom stereocenters. The summed E-state index contributed by atoms with van der Waals surface area (Å²) in [6.45, 7) is 0. The molecule has 1 aliphatic carbocycles. The summed E-state index contributed by atoms with van der Waals surface area (Å²) in [6.07, 6.45) is 9.66. The third-order valence-corrected chi connectivity index (χ3v) is 6.17. The summed E-state index contributed by atoms with van der Waals surface area (Å²) >= 11 is 12.6. The fraction of sp³-hybridized carbons (Fsp3) is 0.348. The molecular formula is C23H23Cl2NO3. The normalized spacial score (nSPS) is 15.0. The zero-order valence-corrected chi connectivity index (χ0v) is 17.5. The molecule has 1 aliphatic rings. The summed E-state index contributed by atoms with van der Waals surface area (Å²) in [5.41, 5.74) is 2.93. The SMILES string of the molecule is O=C(O)Cc1cc(Cl)c(Oc2ccc3[nH]cc(CC4CCCCC4)c3c2)c(Cl)c1. The molecule has 2 aromatic carbocycles. The summed E-state index contributed by atoms with van der Waals surface area (Å²) < 4.78 is 6.00. The number of fused-ring (bicyclic) bond motifs is 1. The first kappa shape index (κ1) is 20.1. The molecule has 0 bridgehead atoms. The fourth-order valence-electron chi connectivity index (χ4n) is 4.20. The van der Waals surface area contributed by atoms with Gasteiger partial charge in [-0.25, -0.2) is 0 Å². The van der Waals surface area contributed by atoms with E-state index in [0.717, 1.165) is 23.2 Å². The maximum Gasteiger partial charge on any atom is 0.307 e. The molecule has 0 amide bonds. The van der Waals surface area contributed by atoms with Crippen LogP contribution in [0, 0.1) is 5.92 Å². The van der Waals surface area contributed by atoms with E-state index in [4.69, 9.17) is 33.0 Å². The Bertz CT molecular complexity index is 1010. The van der Waals surface area contributed by atoms with Crippen LogP contribution in [-0.4, -0.2) is 16.1 Å². The highest BCUT2D eigenvalue weighted by Gasteiger charge is 2.17. The lowest BCUT2D eigenvalue weighted by Gasteiger charge is -2.21. The van der Waals surface area contributed by atoms with Gasteiger partial charge in [0.25, 0.3) is 0 Å². The lowest BCUT2D eigenvalue weighted by molar-refractivity contribution is -0.136. The van der Waals surface area contributed by atoms with E-state index in [1.54, 1.807) is 12.1 Å². The van der Waals surface area contributed by atoms with Crippen molar-refractivity contribution in [3.63, 3.8) is 0 Å². The minimum absolute atomic E-state index is 0.139. The predicted octanol–water partition coefficient (Wildman–Crippen LogP) is 7.02. The molecule has 152 valence electrons. The number of aliphatic carboxylic acids is 1. The van der Waals surface area contributed by atoms with E-state index in [9.17, 15) is 4.79 Å². The molecule has 0 radical (unpaired) electrons. The van der Waals surface area contributed by atoms with Crippen molar-refractivity contribution >= 4 is 40.1 Å². The highest BCUT2D eigenvalue weighted by molar-refractivity contribution is 6.37. The first-order chi connectivity index (χ1) is 14.0. The van der Waals surface area contributed by atoms with Crippen molar-refractivity contribution in [1.29, 1.82) is 0 Å². The number of carboxylic acid groups (broad SMARTS) is 1. The van der Waals surface area contributed by atoms with Gasteiger partial charge in [0.05, 0.1) is 16.5 Å². The van der Waals surface area contributed by atoms with Crippen LogP contribution in [0.25, 0.3) is 10.9 Å². The topological polar surface area (TPSA) is 62.3 Å². The number of ether oxygens (including phenoxy) is 1. The van der Waals surface area contributed by atoms with Crippen LogP contribution in [0.15, 0.2) is 36.5 Å². The fourth-order valence-corrected chi connectivity index (χ4v) is 4.81. The van der Waals surface area contributed by atoms with Crippen molar-refractivity contribution in [3.05, 3.63) is 57.7 Å². The third-order valence-electron chi connectivity index (χ3n) is 5.61. The molecule has 1 saturated carbocycles. The summed E-state index contributed by atoms with van der Waals surface area (Å²) in [6, 6.07) is 9.05. The molecule has 0 spiro atoms. The Morgan fingerprint density at radius 1 is 1.10 bits per heavy atom. The van der Waals surface area contributed by atoms with Gasteiger partial charge in [0.2, 0.25) is 0 Å². The van der Waals surface area contributed by atoms with Crippen LogP contribution < -0.4 is 4.74 Å². The molecule has 6 heteroatoms. The molecule has 2 N–H and O–H groups in total. The first-order valence-electron chi connectivity index (χ1n) is 9.97. The van der Waals surface area contributed by atoms with E-state index in [2.05, 4.69) is 11.2 Å². The molecule has 1 heterocycles. The van der Waals surface area contributed by atoms with E-state index < -0.39 is 5.97 Å². The van der Waals surface area contributed by atoms with Crippen LogP contribution >= 0.6 is 23.2 Å². The third kappa shape index (κ3) is 4.71. The molecule has 1 aromatic heterocycles. The van der Waals surface area contributed by atoms with Gasteiger partial charge in [-0.2, -0.15) is 0 Å².